The summed E-state index contributed by atoms with van der Waals surface area (Å²) in [6.45, 7) is 0. The van der Waals surface area contributed by atoms with Crippen molar-refractivity contribution in [2.75, 3.05) is 0 Å². The third-order valence-electron chi connectivity index (χ3n) is 3.94. The van der Waals surface area contributed by atoms with Gasteiger partial charge in [0.1, 0.15) is 11.6 Å². The molecule has 0 bridgehead atoms. The Balaban J connectivity index is 2.07. The van der Waals surface area contributed by atoms with Crippen molar-refractivity contribution in [3.63, 3.8) is 0 Å². The average Bonchev–Trinajstić information content (AvgIpc) is 2.94. The molecule has 1 aliphatic rings. The van der Waals surface area contributed by atoms with Crippen LogP contribution in [0.15, 0.2) is 53.6 Å². The summed E-state index contributed by atoms with van der Waals surface area (Å²) in [4.78, 5) is 12.5. The monoisotopic (exact) mass is 368 g/mol. The zero-order valence-corrected chi connectivity index (χ0v) is 13.0. The van der Waals surface area contributed by atoms with E-state index in [1.807, 2.05) is 0 Å². The predicted octanol–water partition coefficient (Wildman–Crippen LogP) is 3.03. The Morgan fingerprint density at radius 3 is 2.31 bits per heavy atom. The lowest BCUT2D eigenvalue weighted by Gasteiger charge is -2.32. The molecule has 2 aromatic rings. The number of rotatable bonds is 2. The maximum atomic E-state index is 13.5. The first-order chi connectivity index (χ1) is 12.1. The molecule has 2 aromatic carbocycles. The van der Waals surface area contributed by atoms with Crippen LogP contribution < -0.4 is 0 Å². The Labute approximate surface area is 144 Å². The van der Waals surface area contributed by atoms with Gasteiger partial charge in [-0.1, -0.05) is 24.3 Å². The number of alkyl halides is 3. The quantitative estimate of drug-likeness (QED) is 0.801. The molecule has 0 fully saturated rings. The molecule has 5 nitrogen and oxygen atoms in total. The lowest BCUT2D eigenvalue weighted by Crippen LogP contribution is -2.56. The van der Waals surface area contributed by atoms with Gasteiger partial charge < -0.3 is 10.2 Å². The van der Waals surface area contributed by atoms with Crippen LogP contribution in [0.3, 0.4) is 0 Å². The van der Waals surface area contributed by atoms with E-state index in [1.165, 1.54) is 24.3 Å². The lowest BCUT2D eigenvalue weighted by molar-refractivity contribution is -0.297. The van der Waals surface area contributed by atoms with E-state index in [0.29, 0.717) is 0 Å². The van der Waals surface area contributed by atoms with Crippen molar-refractivity contribution in [2.24, 2.45) is 5.10 Å². The fraction of sp³-hybridized carbons (Fsp3) is 0.176. The minimum Gasteiger partial charge on any atom is -0.507 e. The molecule has 1 aliphatic heterocycles. The number of aromatic hydroxyl groups is 1. The molecule has 0 saturated carbocycles. The highest BCUT2D eigenvalue weighted by atomic mass is 19.4. The number of benzene rings is 2. The normalized spacial score (nSPS) is 20.2. The van der Waals surface area contributed by atoms with Gasteiger partial charge in [-0.05, 0) is 29.8 Å². The van der Waals surface area contributed by atoms with Gasteiger partial charge in [0, 0.05) is 0 Å². The second-order valence-electron chi connectivity index (χ2n) is 5.68. The SMILES string of the molecule is O=C(c1ccccc1O)N1N=C(c2ccc(F)cc2)C[C@]1(O)C(F)(F)F. The van der Waals surface area contributed by atoms with Gasteiger partial charge >= 0.3 is 6.18 Å². The summed E-state index contributed by atoms with van der Waals surface area (Å²) in [5, 5.41) is 23.5. The summed E-state index contributed by atoms with van der Waals surface area (Å²) >= 11 is 0. The van der Waals surface area contributed by atoms with Crippen molar-refractivity contribution in [1.82, 2.24) is 5.01 Å². The highest BCUT2D eigenvalue weighted by Crippen LogP contribution is 2.42. The number of hydrogen-bond donors (Lipinski definition) is 2. The van der Waals surface area contributed by atoms with E-state index in [-0.39, 0.29) is 16.3 Å². The Bertz CT molecular complexity index is 880. The van der Waals surface area contributed by atoms with Gasteiger partial charge in [0.25, 0.3) is 11.6 Å². The van der Waals surface area contributed by atoms with E-state index in [1.54, 1.807) is 0 Å². The fourth-order valence-corrected chi connectivity index (χ4v) is 2.55. The number of carbonyl (C=O) groups is 1. The molecule has 3 rings (SSSR count). The predicted molar refractivity (Wildman–Crippen MR) is 82.8 cm³/mol. The van der Waals surface area contributed by atoms with Crippen molar-refractivity contribution in [2.45, 2.75) is 18.3 Å². The number of hydrogen-bond acceptors (Lipinski definition) is 4. The van der Waals surface area contributed by atoms with Crippen LogP contribution in [0.25, 0.3) is 0 Å². The fourth-order valence-electron chi connectivity index (χ4n) is 2.55. The van der Waals surface area contributed by atoms with Crippen LogP contribution >= 0.6 is 0 Å². The summed E-state index contributed by atoms with van der Waals surface area (Å²) in [5.41, 5.74) is -4.15. The Morgan fingerprint density at radius 1 is 1.12 bits per heavy atom. The van der Waals surface area contributed by atoms with Crippen molar-refractivity contribution in [1.29, 1.82) is 0 Å². The second-order valence-corrected chi connectivity index (χ2v) is 5.68. The van der Waals surface area contributed by atoms with Gasteiger partial charge in [0.05, 0.1) is 17.7 Å². The number of amides is 1. The maximum Gasteiger partial charge on any atom is 0.438 e. The van der Waals surface area contributed by atoms with Crippen LogP contribution in [-0.4, -0.2) is 38.7 Å². The maximum absolute atomic E-state index is 13.5. The van der Waals surface area contributed by atoms with E-state index in [0.717, 1.165) is 24.3 Å². The minimum absolute atomic E-state index is 0.0965. The average molecular weight is 368 g/mol. The molecule has 26 heavy (non-hydrogen) atoms. The molecule has 136 valence electrons. The summed E-state index contributed by atoms with van der Waals surface area (Å²) in [6, 6.07) is 9.41. The molecule has 0 unspecified atom stereocenters. The molecule has 1 atom stereocenters. The number of nitrogens with zero attached hydrogens (tertiary/aromatic N) is 2. The summed E-state index contributed by atoms with van der Waals surface area (Å²) in [5.74, 6) is -2.46. The first-order valence-electron chi connectivity index (χ1n) is 7.38. The van der Waals surface area contributed by atoms with Crippen LogP contribution in [0, 0.1) is 5.82 Å². The zero-order chi connectivity index (χ0) is 19.1. The molecular weight excluding hydrogens is 356 g/mol. The standard InChI is InChI=1S/C17H12F4N2O3/c18-11-7-5-10(6-8-11)13-9-16(26,17(19,20)21)23(22-13)15(25)12-3-1-2-4-14(12)24/h1-8,24,26H,9H2/t16-/m0/s1. The highest BCUT2D eigenvalue weighted by Gasteiger charge is 2.63. The summed E-state index contributed by atoms with van der Waals surface area (Å²) < 4.78 is 53.5. The smallest absolute Gasteiger partial charge is 0.438 e. The van der Waals surface area contributed by atoms with Gasteiger partial charge in [-0.15, -0.1) is 0 Å². The molecule has 2 N–H and O–H groups in total. The number of carbonyl (C=O) groups excluding carboxylic acids is 1. The lowest BCUT2D eigenvalue weighted by atomic mass is 10.0. The highest BCUT2D eigenvalue weighted by molar-refractivity contribution is 6.06. The molecule has 1 amide bonds. The molecule has 0 aliphatic carbocycles. The summed E-state index contributed by atoms with van der Waals surface area (Å²) in [7, 11) is 0. The Morgan fingerprint density at radius 2 is 1.73 bits per heavy atom. The number of phenolic OH excluding ortho intramolecular Hbond substituents is 1. The first-order valence-corrected chi connectivity index (χ1v) is 7.38. The third kappa shape index (κ3) is 2.90. The zero-order valence-electron chi connectivity index (χ0n) is 13.0. The van der Waals surface area contributed by atoms with Crippen molar-refractivity contribution < 1.29 is 32.6 Å². The Kier molecular flexibility index (Phi) is 4.19. The van der Waals surface area contributed by atoms with Crippen molar-refractivity contribution in [3.05, 3.63) is 65.5 Å². The first kappa shape index (κ1) is 17.9. The van der Waals surface area contributed by atoms with E-state index in [2.05, 4.69) is 5.10 Å². The van der Waals surface area contributed by atoms with Gasteiger partial charge in [0.2, 0.25) is 0 Å². The largest absolute Gasteiger partial charge is 0.507 e. The van der Waals surface area contributed by atoms with Crippen LogP contribution in [-0.2, 0) is 0 Å². The number of hydrazone groups is 1. The Hall–Kier alpha value is -2.94. The molecule has 9 heteroatoms. The van der Waals surface area contributed by atoms with E-state index >= 15 is 0 Å². The number of halogens is 4. The number of phenols is 1. The minimum atomic E-state index is -5.21. The summed E-state index contributed by atoms with van der Waals surface area (Å²) in [6.07, 6.45) is -6.24. The molecule has 0 spiro atoms. The van der Waals surface area contributed by atoms with Gasteiger partial charge in [-0.2, -0.15) is 23.3 Å². The van der Waals surface area contributed by atoms with Crippen LogP contribution in [0.4, 0.5) is 17.6 Å². The number of aliphatic hydroxyl groups is 1. The van der Waals surface area contributed by atoms with E-state index in [4.69, 9.17) is 0 Å². The van der Waals surface area contributed by atoms with Crippen molar-refractivity contribution in [3.8, 4) is 5.75 Å². The van der Waals surface area contributed by atoms with Crippen LogP contribution in [0.2, 0.25) is 0 Å². The van der Waals surface area contributed by atoms with E-state index < -0.39 is 41.4 Å². The van der Waals surface area contributed by atoms with Gasteiger partial charge in [-0.3, -0.25) is 4.79 Å². The van der Waals surface area contributed by atoms with Gasteiger partial charge in [-0.25, -0.2) is 4.39 Å². The van der Waals surface area contributed by atoms with Crippen LogP contribution in [0.5, 0.6) is 5.75 Å². The van der Waals surface area contributed by atoms with Crippen LogP contribution in [0.1, 0.15) is 22.3 Å². The number of para-hydroxylation sites is 1. The molecule has 0 saturated heterocycles. The molecule has 0 radical (unpaired) electrons. The van der Waals surface area contributed by atoms with Gasteiger partial charge in [0.15, 0.2) is 0 Å². The third-order valence-corrected chi connectivity index (χ3v) is 3.94. The van der Waals surface area contributed by atoms with E-state index in [9.17, 15) is 32.6 Å². The molecular formula is C17H12F4N2O3. The molecule has 1 heterocycles. The second kappa shape index (κ2) is 6.10. The van der Waals surface area contributed by atoms with Crippen molar-refractivity contribution >= 4 is 11.6 Å². The molecule has 0 aromatic heterocycles. The topological polar surface area (TPSA) is 73.1 Å².